The second-order valence-corrected chi connectivity index (χ2v) is 8.69. The van der Waals surface area contributed by atoms with Gasteiger partial charge in [-0.25, -0.2) is 4.98 Å². The van der Waals surface area contributed by atoms with E-state index in [9.17, 15) is 14.9 Å². The van der Waals surface area contributed by atoms with Crippen LogP contribution < -0.4 is 11.3 Å². The van der Waals surface area contributed by atoms with Crippen molar-refractivity contribution in [1.82, 2.24) is 23.9 Å². The molecule has 2 N–H and O–H groups in total. The molecule has 10 nitrogen and oxygen atoms in total. The van der Waals surface area contributed by atoms with Crippen molar-refractivity contribution in [2.24, 2.45) is 0 Å². The monoisotopic (exact) mass is 485 g/mol. The lowest BCUT2D eigenvalue weighted by Gasteiger charge is -2.11. The normalized spacial score (nSPS) is 11.5. The quantitative estimate of drug-likeness (QED) is 0.253. The number of fused-ring (bicyclic) bond motifs is 2. The number of para-hydroxylation sites is 2. The molecule has 0 aliphatic carbocycles. The van der Waals surface area contributed by atoms with Crippen LogP contribution in [-0.4, -0.2) is 28.8 Å². The Hall–Kier alpha value is -4.47. The maximum absolute atomic E-state index is 13.4. The van der Waals surface area contributed by atoms with Crippen molar-refractivity contribution in [3.63, 3.8) is 0 Å². The van der Waals surface area contributed by atoms with E-state index in [0.717, 1.165) is 34.1 Å². The fourth-order valence-corrected chi connectivity index (χ4v) is 4.72. The molecule has 184 valence electrons. The predicted molar refractivity (Wildman–Crippen MR) is 140 cm³/mol. The molecular formula is C26H27N7O3. The van der Waals surface area contributed by atoms with Crippen molar-refractivity contribution in [1.29, 1.82) is 0 Å². The molecule has 36 heavy (non-hydrogen) atoms. The van der Waals surface area contributed by atoms with Gasteiger partial charge in [0, 0.05) is 13.1 Å². The molecule has 10 heteroatoms. The highest BCUT2D eigenvalue weighted by atomic mass is 16.6. The zero-order valence-electron chi connectivity index (χ0n) is 20.2. The number of nitrogen functional groups attached to an aromatic ring is 1. The highest BCUT2D eigenvalue weighted by Gasteiger charge is 2.32. The standard InChI is InChI=1S/C26H27N7O3/c1-3-5-15-30-22-20(25(33(35)36)29-32(4-2)26(22)34)21(23(30)27)24-28-18-13-9-10-14-19(18)31(24)16-17-11-7-6-8-12-17/h6-14H,3-5,15-16,27H2,1-2H3. The van der Waals surface area contributed by atoms with Crippen LogP contribution in [0.1, 0.15) is 32.3 Å². The number of aryl methyl sites for hydroxylation is 2. The lowest BCUT2D eigenvalue weighted by Crippen LogP contribution is -2.25. The highest BCUT2D eigenvalue weighted by Crippen LogP contribution is 2.40. The van der Waals surface area contributed by atoms with E-state index in [4.69, 9.17) is 10.7 Å². The Morgan fingerprint density at radius 2 is 1.75 bits per heavy atom. The van der Waals surface area contributed by atoms with E-state index in [2.05, 4.69) is 5.10 Å². The molecule has 0 saturated carbocycles. The van der Waals surface area contributed by atoms with Crippen LogP contribution in [0.3, 0.4) is 0 Å². The number of unbranched alkanes of at least 4 members (excludes halogenated alkanes) is 1. The molecule has 0 saturated heterocycles. The van der Waals surface area contributed by atoms with Gasteiger partial charge in [0.05, 0.1) is 28.2 Å². The molecule has 0 unspecified atom stereocenters. The van der Waals surface area contributed by atoms with E-state index >= 15 is 0 Å². The summed E-state index contributed by atoms with van der Waals surface area (Å²) in [7, 11) is 0. The first-order valence-corrected chi connectivity index (χ1v) is 12.0. The number of hydrogen-bond acceptors (Lipinski definition) is 6. The van der Waals surface area contributed by atoms with Gasteiger partial charge in [-0.05, 0) is 36.0 Å². The Bertz CT molecular complexity index is 1650. The summed E-state index contributed by atoms with van der Waals surface area (Å²) in [4.78, 5) is 30.0. The van der Waals surface area contributed by atoms with Crippen molar-refractivity contribution >= 4 is 33.6 Å². The Morgan fingerprint density at radius 1 is 1.03 bits per heavy atom. The number of nitrogens with two attached hydrogens (primary N) is 1. The molecule has 0 spiro atoms. The van der Waals surface area contributed by atoms with Crippen molar-refractivity contribution < 1.29 is 4.92 Å². The van der Waals surface area contributed by atoms with Gasteiger partial charge in [-0.1, -0.05) is 55.8 Å². The Labute approximate surface area is 206 Å². The Morgan fingerprint density at radius 3 is 2.44 bits per heavy atom. The van der Waals surface area contributed by atoms with Crippen LogP contribution in [-0.2, 0) is 19.6 Å². The van der Waals surface area contributed by atoms with Crippen LogP contribution in [0.15, 0.2) is 59.4 Å². The average Bonchev–Trinajstić information content (AvgIpc) is 3.38. The summed E-state index contributed by atoms with van der Waals surface area (Å²) in [5, 5.41) is 16.4. The van der Waals surface area contributed by atoms with Crippen LogP contribution in [0.25, 0.3) is 33.3 Å². The van der Waals surface area contributed by atoms with Gasteiger partial charge in [-0.15, -0.1) is 4.68 Å². The zero-order chi connectivity index (χ0) is 25.4. The van der Waals surface area contributed by atoms with E-state index in [0.29, 0.717) is 24.5 Å². The number of hydrogen-bond donors (Lipinski definition) is 1. The van der Waals surface area contributed by atoms with E-state index < -0.39 is 16.3 Å². The molecule has 0 bridgehead atoms. The first-order valence-electron chi connectivity index (χ1n) is 12.0. The van der Waals surface area contributed by atoms with Crippen molar-refractivity contribution in [2.75, 3.05) is 5.73 Å². The predicted octanol–water partition coefficient (Wildman–Crippen LogP) is 4.57. The lowest BCUT2D eigenvalue weighted by atomic mass is 10.1. The maximum atomic E-state index is 13.4. The number of anilines is 1. The minimum atomic E-state index is -0.550. The molecule has 2 aromatic carbocycles. The van der Waals surface area contributed by atoms with E-state index in [1.54, 1.807) is 11.5 Å². The van der Waals surface area contributed by atoms with Crippen LogP contribution in [0.4, 0.5) is 11.6 Å². The van der Waals surface area contributed by atoms with Crippen molar-refractivity contribution in [3.05, 3.63) is 80.6 Å². The summed E-state index contributed by atoms with van der Waals surface area (Å²) in [6.45, 7) is 4.91. The van der Waals surface area contributed by atoms with Gasteiger partial charge in [0.25, 0.3) is 0 Å². The molecule has 0 atom stereocenters. The number of nitro groups is 1. The minimum absolute atomic E-state index is 0.132. The van der Waals surface area contributed by atoms with E-state index in [-0.39, 0.29) is 23.3 Å². The fraction of sp³-hybridized carbons (Fsp3) is 0.269. The molecule has 0 fully saturated rings. The first kappa shape index (κ1) is 23.3. The smallest absolute Gasteiger partial charge is 0.384 e. The highest BCUT2D eigenvalue weighted by molar-refractivity contribution is 6.06. The van der Waals surface area contributed by atoms with Gasteiger partial charge < -0.3 is 25.0 Å². The van der Waals surface area contributed by atoms with E-state index in [1.165, 1.54) is 0 Å². The second kappa shape index (κ2) is 9.29. The van der Waals surface area contributed by atoms with E-state index in [1.807, 2.05) is 66.1 Å². The van der Waals surface area contributed by atoms with Crippen LogP contribution in [0.2, 0.25) is 0 Å². The SMILES string of the molecule is CCCCn1c(N)c(-c2nc3ccccc3n2Cc2ccccc2)c2c([N+](=O)[O-])nn(CC)c(=O)c21. The van der Waals surface area contributed by atoms with Gasteiger partial charge >= 0.3 is 11.4 Å². The van der Waals surface area contributed by atoms with Crippen LogP contribution in [0.5, 0.6) is 0 Å². The van der Waals surface area contributed by atoms with Gasteiger partial charge in [0.15, 0.2) is 0 Å². The van der Waals surface area contributed by atoms with Crippen molar-refractivity contribution in [2.45, 2.75) is 46.3 Å². The molecule has 0 radical (unpaired) electrons. The summed E-state index contributed by atoms with van der Waals surface area (Å²) < 4.78 is 4.82. The molecule has 0 aliphatic heterocycles. The largest absolute Gasteiger partial charge is 0.398 e. The summed E-state index contributed by atoms with van der Waals surface area (Å²) in [5.74, 6) is 0.344. The number of imidazole rings is 1. The molecule has 0 amide bonds. The fourth-order valence-electron chi connectivity index (χ4n) is 4.72. The topological polar surface area (TPSA) is 127 Å². The third-order valence-electron chi connectivity index (χ3n) is 6.45. The summed E-state index contributed by atoms with van der Waals surface area (Å²) in [5.41, 5.74) is 9.50. The van der Waals surface area contributed by atoms with Crippen LogP contribution in [0, 0.1) is 10.1 Å². The number of aromatic nitrogens is 5. The maximum Gasteiger partial charge on any atom is 0.398 e. The zero-order valence-corrected chi connectivity index (χ0v) is 20.2. The summed E-state index contributed by atoms with van der Waals surface area (Å²) >= 11 is 0. The minimum Gasteiger partial charge on any atom is -0.384 e. The lowest BCUT2D eigenvalue weighted by molar-refractivity contribution is -0.388. The number of rotatable bonds is 8. The number of benzene rings is 2. The first-order chi connectivity index (χ1) is 17.5. The third kappa shape index (κ3) is 3.71. The van der Waals surface area contributed by atoms with Gasteiger partial charge in [0.2, 0.25) is 0 Å². The Balaban J connectivity index is 1.91. The molecular weight excluding hydrogens is 458 g/mol. The molecule has 3 aromatic heterocycles. The third-order valence-corrected chi connectivity index (χ3v) is 6.45. The Kier molecular flexibility index (Phi) is 6.01. The number of nitrogens with zero attached hydrogens (tertiary/aromatic N) is 6. The second-order valence-electron chi connectivity index (χ2n) is 8.69. The van der Waals surface area contributed by atoms with Gasteiger partial charge in [-0.3, -0.25) is 4.79 Å². The van der Waals surface area contributed by atoms with Gasteiger partial charge in [-0.2, -0.15) is 0 Å². The molecule has 3 heterocycles. The van der Waals surface area contributed by atoms with Crippen LogP contribution >= 0.6 is 0 Å². The summed E-state index contributed by atoms with van der Waals surface area (Å²) in [6, 6.07) is 17.6. The van der Waals surface area contributed by atoms with Crippen molar-refractivity contribution in [3.8, 4) is 11.4 Å². The molecule has 0 aliphatic rings. The summed E-state index contributed by atoms with van der Waals surface area (Å²) in [6.07, 6.45) is 1.63. The molecule has 5 rings (SSSR count). The molecule has 5 aromatic rings. The average molecular weight is 486 g/mol. The van der Waals surface area contributed by atoms with Gasteiger partial charge in [0.1, 0.15) is 22.5 Å².